The summed E-state index contributed by atoms with van der Waals surface area (Å²) in [6, 6.07) is 7.62. The van der Waals surface area contributed by atoms with Crippen LogP contribution < -0.4 is 4.74 Å². The van der Waals surface area contributed by atoms with E-state index < -0.39 is 5.79 Å². The van der Waals surface area contributed by atoms with Crippen molar-refractivity contribution in [2.24, 2.45) is 0 Å². The molecule has 1 aromatic rings. The maximum atomic E-state index is 10.0. The van der Waals surface area contributed by atoms with Crippen LogP contribution in [0.25, 0.3) is 0 Å². The maximum Gasteiger partial charge on any atom is 0.212 e. The summed E-state index contributed by atoms with van der Waals surface area (Å²) in [7, 11) is 0. The van der Waals surface area contributed by atoms with Crippen molar-refractivity contribution in [2.75, 3.05) is 6.61 Å². The van der Waals surface area contributed by atoms with Gasteiger partial charge in [-0.15, -0.1) is 0 Å². The fourth-order valence-corrected chi connectivity index (χ4v) is 1.78. The summed E-state index contributed by atoms with van der Waals surface area (Å²) in [6.07, 6.45) is 1.55. The molecule has 0 saturated carbocycles. The van der Waals surface area contributed by atoms with Gasteiger partial charge in [0.05, 0.1) is 0 Å². The fourth-order valence-electron chi connectivity index (χ4n) is 1.78. The van der Waals surface area contributed by atoms with E-state index in [-0.39, 0.29) is 6.61 Å². The summed E-state index contributed by atoms with van der Waals surface area (Å²) in [5.41, 5.74) is 1.04. The second-order valence-corrected chi connectivity index (χ2v) is 3.66. The summed E-state index contributed by atoms with van der Waals surface area (Å²) in [5, 5.41) is 18.7. The number of rotatable bonds is 3. The lowest BCUT2D eigenvalue weighted by Crippen LogP contribution is -2.33. The Labute approximate surface area is 83.0 Å². The van der Waals surface area contributed by atoms with Gasteiger partial charge in [0.25, 0.3) is 0 Å². The van der Waals surface area contributed by atoms with Crippen molar-refractivity contribution in [2.45, 2.75) is 25.0 Å². The molecular weight excluding hydrogens is 180 g/mol. The molecule has 1 aliphatic heterocycles. The van der Waals surface area contributed by atoms with Gasteiger partial charge in [0, 0.05) is 25.0 Å². The van der Waals surface area contributed by atoms with Crippen molar-refractivity contribution in [3.05, 3.63) is 29.8 Å². The van der Waals surface area contributed by atoms with E-state index in [0.29, 0.717) is 19.3 Å². The zero-order valence-corrected chi connectivity index (χ0v) is 7.94. The Hall–Kier alpha value is -1.06. The van der Waals surface area contributed by atoms with E-state index in [4.69, 9.17) is 9.84 Å². The van der Waals surface area contributed by atoms with Gasteiger partial charge in [0.15, 0.2) is 0 Å². The number of fused-ring (bicyclic) bond motifs is 1. The second-order valence-electron chi connectivity index (χ2n) is 3.66. The number of aliphatic hydroxyl groups is 2. The molecule has 14 heavy (non-hydrogen) atoms. The molecule has 1 aromatic carbocycles. The molecule has 3 nitrogen and oxygen atoms in total. The minimum absolute atomic E-state index is 0.0853. The van der Waals surface area contributed by atoms with Crippen LogP contribution in [0.5, 0.6) is 5.75 Å². The highest BCUT2D eigenvalue weighted by Gasteiger charge is 2.36. The average molecular weight is 194 g/mol. The molecule has 0 aliphatic carbocycles. The molecule has 2 N–H and O–H groups in total. The standard InChI is InChI=1S/C11H14O3/c12-7-3-6-11(13)8-9-4-1-2-5-10(9)14-11/h1-2,4-5,12-13H,3,6-8H2. The van der Waals surface area contributed by atoms with E-state index >= 15 is 0 Å². The highest BCUT2D eigenvalue weighted by Crippen LogP contribution is 2.35. The van der Waals surface area contributed by atoms with E-state index in [1.54, 1.807) is 0 Å². The fraction of sp³-hybridized carbons (Fsp3) is 0.455. The van der Waals surface area contributed by atoms with Crippen LogP contribution in [0, 0.1) is 0 Å². The van der Waals surface area contributed by atoms with Gasteiger partial charge in [-0.05, 0) is 12.5 Å². The van der Waals surface area contributed by atoms with Crippen molar-refractivity contribution in [1.82, 2.24) is 0 Å². The largest absolute Gasteiger partial charge is 0.462 e. The molecule has 0 spiro atoms. The number of aliphatic hydroxyl groups excluding tert-OH is 1. The predicted octanol–water partition coefficient (Wildman–Crippen LogP) is 1.08. The third-order valence-electron chi connectivity index (χ3n) is 2.46. The summed E-state index contributed by atoms with van der Waals surface area (Å²) < 4.78 is 5.44. The molecule has 76 valence electrons. The van der Waals surface area contributed by atoms with Crippen molar-refractivity contribution in [1.29, 1.82) is 0 Å². The molecule has 0 amide bonds. The van der Waals surface area contributed by atoms with E-state index in [1.807, 2.05) is 24.3 Å². The van der Waals surface area contributed by atoms with E-state index in [1.165, 1.54) is 0 Å². The zero-order chi connectivity index (χ0) is 10.0. The highest BCUT2D eigenvalue weighted by molar-refractivity contribution is 5.38. The first-order valence-electron chi connectivity index (χ1n) is 4.84. The first-order valence-corrected chi connectivity index (χ1v) is 4.84. The Morgan fingerprint density at radius 3 is 2.86 bits per heavy atom. The summed E-state index contributed by atoms with van der Waals surface area (Å²) >= 11 is 0. The van der Waals surface area contributed by atoms with Crippen LogP contribution in [-0.4, -0.2) is 22.6 Å². The van der Waals surface area contributed by atoms with Gasteiger partial charge in [-0.25, -0.2) is 0 Å². The van der Waals surface area contributed by atoms with Crippen molar-refractivity contribution >= 4 is 0 Å². The Balaban J connectivity index is 2.09. The van der Waals surface area contributed by atoms with Gasteiger partial charge >= 0.3 is 0 Å². The number of hydrogen-bond acceptors (Lipinski definition) is 3. The SMILES string of the molecule is OCCCC1(O)Cc2ccccc2O1. The van der Waals surface area contributed by atoms with Crippen molar-refractivity contribution in [3.63, 3.8) is 0 Å². The van der Waals surface area contributed by atoms with Crippen LogP contribution in [0.1, 0.15) is 18.4 Å². The Bertz CT molecular complexity index is 297. The van der Waals surface area contributed by atoms with Crippen LogP contribution in [0.2, 0.25) is 0 Å². The van der Waals surface area contributed by atoms with Crippen molar-refractivity contribution < 1.29 is 14.9 Å². The summed E-state index contributed by atoms with van der Waals surface area (Å²) in [5.74, 6) is -0.347. The van der Waals surface area contributed by atoms with Gasteiger partial charge in [0.2, 0.25) is 5.79 Å². The number of hydrogen-bond donors (Lipinski definition) is 2. The van der Waals surface area contributed by atoms with E-state index in [0.717, 1.165) is 11.3 Å². The molecule has 3 heteroatoms. The molecule has 0 fully saturated rings. The quantitative estimate of drug-likeness (QED) is 0.757. The Kier molecular flexibility index (Phi) is 2.44. The lowest BCUT2D eigenvalue weighted by molar-refractivity contribution is -0.128. The zero-order valence-electron chi connectivity index (χ0n) is 7.94. The summed E-state index contributed by atoms with van der Waals surface area (Å²) in [6.45, 7) is 0.0853. The topological polar surface area (TPSA) is 49.7 Å². The Morgan fingerprint density at radius 2 is 2.14 bits per heavy atom. The Morgan fingerprint density at radius 1 is 1.36 bits per heavy atom. The number of ether oxygens (including phenoxy) is 1. The van der Waals surface area contributed by atoms with E-state index in [2.05, 4.69) is 0 Å². The summed E-state index contributed by atoms with van der Waals surface area (Å²) in [4.78, 5) is 0. The van der Waals surface area contributed by atoms with Crippen LogP contribution in [0.3, 0.4) is 0 Å². The minimum Gasteiger partial charge on any atom is -0.462 e. The molecule has 2 rings (SSSR count). The third kappa shape index (κ3) is 1.74. The number of benzene rings is 1. The predicted molar refractivity (Wildman–Crippen MR) is 52.0 cm³/mol. The molecular formula is C11H14O3. The monoisotopic (exact) mass is 194 g/mol. The first kappa shape index (κ1) is 9.49. The molecule has 1 aliphatic rings. The first-order chi connectivity index (χ1) is 6.73. The van der Waals surface area contributed by atoms with Gasteiger partial charge in [-0.3, -0.25) is 0 Å². The molecule has 0 saturated heterocycles. The minimum atomic E-state index is -1.10. The van der Waals surface area contributed by atoms with Crippen LogP contribution in [-0.2, 0) is 6.42 Å². The lowest BCUT2D eigenvalue weighted by atomic mass is 10.0. The molecule has 1 unspecified atom stereocenters. The van der Waals surface area contributed by atoms with Crippen LogP contribution in [0.4, 0.5) is 0 Å². The maximum absolute atomic E-state index is 10.0. The van der Waals surface area contributed by atoms with Gasteiger partial charge in [0.1, 0.15) is 5.75 Å². The van der Waals surface area contributed by atoms with E-state index in [9.17, 15) is 5.11 Å². The van der Waals surface area contributed by atoms with Gasteiger partial charge in [-0.2, -0.15) is 0 Å². The van der Waals surface area contributed by atoms with Gasteiger partial charge < -0.3 is 14.9 Å². The second kappa shape index (κ2) is 3.59. The lowest BCUT2D eigenvalue weighted by Gasteiger charge is -2.21. The van der Waals surface area contributed by atoms with Crippen molar-refractivity contribution in [3.8, 4) is 5.75 Å². The molecule has 0 aromatic heterocycles. The average Bonchev–Trinajstić information content (AvgIpc) is 2.51. The molecule has 1 heterocycles. The van der Waals surface area contributed by atoms with Gasteiger partial charge in [-0.1, -0.05) is 18.2 Å². The van der Waals surface area contributed by atoms with Crippen LogP contribution >= 0.6 is 0 Å². The third-order valence-corrected chi connectivity index (χ3v) is 2.46. The smallest absolute Gasteiger partial charge is 0.212 e. The molecule has 1 atom stereocenters. The molecule has 0 bridgehead atoms. The van der Waals surface area contributed by atoms with Crippen LogP contribution in [0.15, 0.2) is 24.3 Å². The highest BCUT2D eigenvalue weighted by atomic mass is 16.6. The molecule has 0 radical (unpaired) electrons. The number of para-hydroxylation sites is 1. The normalized spacial score (nSPS) is 24.4.